The number of hydrogen-bond acceptors (Lipinski definition) is 5. The second kappa shape index (κ2) is 6.96. The molecule has 2 aromatic heterocycles. The van der Waals surface area contributed by atoms with E-state index in [1.54, 1.807) is 18.8 Å². The highest BCUT2D eigenvalue weighted by Crippen LogP contribution is 2.18. The average Bonchev–Trinajstić information content (AvgIpc) is 2.92. The van der Waals surface area contributed by atoms with Crippen LogP contribution >= 0.6 is 0 Å². The minimum Gasteiger partial charge on any atom is -0.497 e. The number of aromatic amines is 1. The fraction of sp³-hybridized carbons (Fsp3) is 0.389. The van der Waals surface area contributed by atoms with Gasteiger partial charge in [0.1, 0.15) is 11.3 Å². The van der Waals surface area contributed by atoms with E-state index in [1.807, 2.05) is 36.2 Å². The Kier molecular flexibility index (Phi) is 4.74. The standard InChI is InChI=1S/C18H23N5O2/c1-5-6-14-15-16(23(3)21-14)17(24)20-18(19-15)22(2)11-12-7-9-13(25-4)10-8-12/h7-10H,5-6,11H2,1-4H3,(H,19,20,24). The lowest BCUT2D eigenvalue weighted by atomic mass is 10.2. The van der Waals surface area contributed by atoms with Gasteiger partial charge >= 0.3 is 0 Å². The largest absolute Gasteiger partial charge is 0.497 e. The van der Waals surface area contributed by atoms with Crippen LogP contribution in [0, 0.1) is 0 Å². The maximum Gasteiger partial charge on any atom is 0.278 e. The van der Waals surface area contributed by atoms with Gasteiger partial charge in [-0.15, -0.1) is 0 Å². The third kappa shape index (κ3) is 3.35. The number of rotatable bonds is 6. The summed E-state index contributed by atoms with van der Waals surface area (Å²) in [7, 11) is 5.33. The van der Waals surface area contributed by atoms with Crippen LogP contribution in [0.15, 0.2) is 29.1 Å². The topological polar surface area (TPSA) is 76.0 Å². The Bertz CT molecular complexity index is 927. The third-order valence-electron chi connectivity index (χ3n) is 4.18. The van der Waals surface area contributed by atoms with Gasteiger partial charge in [0, 0.05) is 20.6 Å². The zero-order chi connectivity index (χ0) is 18.0. The van der Waals surface area contributed by atoms with Crippen LogP contribution in [0.4, 0.5) is 5.95 Å². The quantitative estimate of drug-likeness (QED) is 0.744. The molecule has 25 heavy (non-hydrogen) atoms. The number of hydrogen-bond donors (Lipinski definition) is 1. The second-order valence-corrected chi connectivity index (χ2v) is 6.11. The van der Waals surface area contributed by atoms with Gasteiger partial charge in [0.25, 0.3) is 5.56 Å². The second-order valence-electron chi connectivity index (χ2n) is 6.11. The summed E-state index contributed by atoms with van der Waals surface area (Å²) >= 11 is 0. The number of aryl methyl sites for hydroxylation is 2. The molecule has 0 saturated heterocycles. The number of nitrogens with one attached hydrogen (secondary N) is 1. The monoisotopic (exact) mass is 341 g/mol. The number of ether oxygens (including phenoxy) is 1. The van der Waals surface area contributed by atoms with E-state index in [-0.39, 0.29) is 5.56 Å². The first-order valence-electron chi connectivity index (χ1n) is 8.33. The summed E-state index contributed by atoms with van der Waals surface area (Å²) in [4.78, 5) is 21.9. The molecular weight excluding hydrogens is 318 g/mol. The van der Waals surface area contributed by atoms with Crippen molar-refractivity contribution < 1.29 is 4.74 Å². The maximum absolute atomic E-state index is 12.5. The van der Waals surface area contributed by atoms with Crippen LogP contribution in [0.3, 0.4) is 0 Å². The molecule has 3 rings (SSSR count). The lowest BCUT2D eigenvalue weighted by Gasteiger charge is -2.18. The number of nitrogens with zero attached hydrogens (tertiary/aromatic N) is 4. The Morgan fingerprint density at radius 1 is 1.28 bits per heavy atom. The van der Waals surface area contributed by atoms with E-state index in [0.29, 0.717) is 23.5 Å². The van der Waals surface area contributed by atoms with Crippen molar-refractivity contribution in [2.75, 3.05) is 19.1 Å². The molecule has 0 saturated carbocycles. The fourth-order valence-corrected chi connectivity index (χ4v) is 2.90. The summed E-state index contributed by atoms with van der Waals surface area (Å²) in [5.74, 6) is 1.36. The molecule has 132 valence electrons. The Morgan fingerprint density at radius 3 is 2.64 bits per heavy atom. The number of H-pyrrole nitrogens is 1. The first kappa shape index (κ1) is 17.0. The lowest BCUT2D eigenvalue weighted by molar-refractivity contribution is 0.414. The summed E-state index contributed by atoms with van der Waals surface area (Å²) in [6.45, 7) is 2.71. The van der Waals surface area contributed by atoms with Crippen molar-refractivity contribution in [3.63, 3.8) is 0 Å². The van der Waals surface area contributed by atoms with Crippen LogP contribution in [-0.4, -0.2) is 33.9 Å². The van der Waals surface area contributed by atoms with Gasteiger partial charge in [0.05, 0.1) is 12.8 Å². The van der Waals surface area contributed by atoms with Crippen molar-refractivity contribution in [3.8, 4) is 5.75 Å². The van der Waals surface area contributed by atoms with Crippen molar-refractivity contribution >= 4 is 17.0 Å². The van der Waals surface area contributed by atoms with Gasteiger partial charge in [-0.05, 0) is 24.1 Å². The van der Waals surface area contributed by atoms with Gasteiger partial charge in [-0.25, -0.2) is 4.98 Å². The lowest BCUT2D eigenvalue weighted by Crippen LogP contribution is -2.23. The normalized spacial score (nSPS) is 11.0. The van der Waals surface area contributed by atoms with E-state index in [1.165, 1.54) is 0 Å². The number of methoxy groups -OCH3 is 1. The van der Waals surface area contributed by atoms with E-state index < -0.39 is 0 Å². The van der Waals surface area contributed by atoms with E-state index in [2.05, 4.69) is 22.0 Å². The molecule has 0 radical (unpaired) electrons. The first-order valence-corrected chi connectivity index (χ1v) is 8.33. The summed E-state index contributed by atoms with van der Waals surface area (Å²) in [6, 6.07) is 7.84. The molecule has 0 aliphatic carbocycles. The van der Waals surface area contributed by atoms with E-state index >= 15 is 0 Å². The molecule has 0 aliphatic heterocycles. The van der Waals surface area contributed by atoms with Crippen molar-refractivity contribution in [3.05, 3.63) is 45.9 Å². The molecule has 7 heteroatoms. The Labute approximate surface area is 146 Å². The highest BCUT2D eigenvalue weighted by atomic mass is 16.5. The fourth-order valence-electron chi connectivity index (χ4n) is 2.90. The molecule has 0 atom stereocenters. The molecule has 0 amide bonds. The molecule has 3 aromatic rings. The molecular formula is C18H23N5O2. The van der Waals surface area contributed by atoms with Crippen LogP contribution in [0.25, 0.3) is 11.0 Å². The van der Waals surface area contributed by atoms with Crippen LogP contribution in [0.1, 0.15) is 24.6 Å². The minimum absolute atomic E-state index is 0.168. The number of fused-ring (bicyclic) bond motifs is 1. The van der Waals surface area contributed by atoms with Gasteiger partial charge in [0.15, 0.2) is 5.52 Å². The Morgan fingerprint density at radius 2 is 2.00 bits per heavy atom. The van der Waals surface area contributed by atoms with Gasteiger partial charge < -0.3 is 9.64 Å². The Balaban J connectivity index is 1.94. The maximum atomic E-state index is 12.5. The molecule has 7 nitrogen and oxygen atoms in total. The van der Waals surface area contributed by atoms with E-state index in [0.717, 1.165) is 29.8 Å². The predicted octanol–water partition coefficient (Wildman–Crippen LogP) is 2.25. The van der Waals surface area contributed by atoms with Gasteiger partial charge in [-0.1, -0.05) is 25.5 Å². The average molecular weight is 341 g/mol. The van der Waals surface area contributed by atoms with Gasteiger partial charge in [0.2, 0.25) is 5.95 Å². The summed E-state index contributed by atoms with van der Waals surface area (Å²) in [6.07, 6.45) is 1.76. The SMILES string of the molecule is CCCc1nn(C)c2c(=O)[nH]c(N(C)Cc3ccc(OC)cc3)nc12. The molecule has 0 fully saturated rings. The summed E-state index contributed by atoms with van der Waals surface area (Å²) < 4.78 is 6.79. The molecule has 2 heterocycles. The van der Waals surface area contributed by atoms with Crippen molar-refractivity contribution in [2.24, 2.45) is 7.05 Å². The van der Waals surface area contributed by atoms with Crippen LogP contribution < -0.4 is 15.2 Å². The highest BCUT2D eigenvalue weighted by Gasteiger charge is 2.16. The Hall–Kier alpha value is -2.83. The summed E-state index contributed by atoms with van der Waals surface area (Å²) in [5, 5.41) is 4.45. The molecule has 1 aromatic carbocycles. The number of benzene rings is 1. The number of aromatic nitrogens is 4. The molecule has 0 spiro atoms. The van der Waals surface area contributed by atoms with Crippen LogP contribution in [0.2, 0.25) is 0 Å². The third-order valence-corrected chi connectivity index (χ3v) is 4.18. The first-order chi connectivity index (χ1) is 12.0. The zero-order valence-electron chi connectivity index (χ0n) is 15.0. The van der Waals surface area contributed by atoms with Gasteiger partial charge in [-0.2, -0.15) is 5.10 Å². The number of anilines is 1. The molecule has 0 unspecified atom stereocenters. The van der Waals surface area contributed by atoms with Crippen LogP contribution in [-0.2, 0) is 20.0 Å². The highest BCUT2D eigenvalue weighted by molar-refractivity contribution is 5.77. The van der Waals surface area contributed by atoms with Gasteiger partial charge in [-0.3, -0.25) is 14.5 Å². The molecule has 1 N–H and O–H groups in total. The summed E-state index contributed by atoms with van der Waals surface area (Å²) in [5.41, 5.74) is 3.00. The van der Waals surface area contributed by atoms with Crippen LogP contribution in [0.5, 0.6) is 5.75 Å². The van der Waals surface area contributed by atoms with Crippen molar-refractivity contribution in [1.29, 1.82) is 0 Å². The van der Waals surface area contributed by atoms with Crippen molar-refractivity contribution in [1.82, 2.24) is 19.7 Å². The zero-order valence-corrected chi connectivity index (χ0v) is 15.0. The van der Waals surface area contributed by atoms with E-state index in [4.69, 9.17) is 4.74 Å². The van der Waals surface area contributed by atoms with Crippen molar-refractivity contribution in [2.45, 2.75) is 26.3 Å². The smallest absolute Gasteiger partial charge is 0.278 e. The van der Waals surface area contributed by atoms with E-state index in [9.17, 15) is 4.79 Å². The molecule has 0 bridgehead atoms. The molecule has 0 aliphatic rings. The minimum atomic E-state index is -0.168. The predicted molar refractivity (Wildman–Crippen MR) is 98.2 cm³/mol.